The first-order chi connectivity index (χ1) is 15.7. The first kappa shape index (κ1) is 22.7. The number of benzene rings is 2. The summed E-state index contributed by atoms with van der Waals surface area (Å²) in [4.78, 5) is 36.9. The van der Waals surface area contributed by atoms with Crippen molar-refractivity contribution in [3.63, 3.8) is 0 Å². The van der Waals surface area contributed by atoms with Crippen LogP contribution in [-0.2, 0) is 22.7 Å². The monoisotopic (exact) mass is 448 g/mol. The molecule has 4 rings (SSSR count). The van der Waals surface area contributed by atoms with E-state index in [0.717, 1.165) is 27.8 Å². The average Bonchev–Trinajstić information content (AvgIpc) is 3.22. The lowest BCUT2D eigenvalue weighted by Crippen LogP contribution is -2.39. The van der Waals surface area contributed by atoms with Crippen LogP contribution in [0.1, 0.15) is 63.3 Å². The lowest BCUT2D eigenvalue weighted by Gasteiger charge is -2.22. The van der Waals surface area contributed by atoms with Crippen LogP contribution in [0.3, 0.4) is 0 Å². The number of ether oxygens (including phenoxy) is 2. The predicted octanol–water partition coefficient (Wildman–Crippen LogP) is 4.33. The summed E-state index contributed by atoms with van der Waals surface area (Å²) in [7, 11) is 0. The Kier molecular flexibility index (Phi) is 6.08. The molecule has 7 heteroatoms. The van der Waals surface area contributed by atoms with E-state index in [0.29, 0.717) is 24.7 Å². The Morgan fingerprint density at radius 3 is 2.27 bits per heavy atom. The van der Waals surface area contributed by atoms with Crippen molar-refractivity contribution < 1.29 is 14.3 Å². The molecule has 0 spiro atoms. The quantitative estimate of drug-likeness (QED) is 0.429. The van der Waals surface area contributed by atoms with Gasteiger partial charge in [0.15, 0.2) is 0 Å². The van der Waals surface area contributed by atoms with Crippen LogP contribution in [0, 0.1) is 0 Å². The van der Waals surface area contributed by atoms with Gasteiger partial charge < -0.3 is 9.47 Å². The molecule has 0 bridgehead atoms. The zero-order chi connectivity index (χ0) is 23.9. The Morgan fingerprint density at radius 1 is 1.00 bits per heavy atom. The molecular weight excluding hydrogens is 420 g/mol. The molecule has 0 radical (unpaired) electrons. The molecule has 172 valence electrons. The highest BCUT2D eigenvalue weighted by molar-refractivity contribution is 5.75. The fourth-order valence-electron chi connectivity index (χ4n) is 4.50. The third kappa shape index (κ3) is 4.16. The summed E-state index contributed by atoms with van der Waals surface area (Å²) in [5.41, 5.74) is 5.15. The Balaban J connectivity index is 1.98. The SMILES string of the molecule is CC(=O)Oc1ccc(-c2cc(-n3ccc(=O)n(C(C)C)c3=O)c3c(c2C(C)C)COC3)cc1. The van der Waals surface area contributed by atoms with Crippen molar-refractivity contribution in [1.29, 1.82) is 0 Å². The van der Waals surface area contributed by atoms with Crippen LogP contribution in [0.5, 0.6) is 5.75 Å². The Morgan fingerprint density at radius 2 is 1.67 bits per heavy atom. The summed E-state index contributed by atoms with van der Waals surface area (Å²) in [6.45, 7) is 10.1. The molecule has 0 saturated heterocycles. The van der Waals surface area contributed by atoms with Crippen LogP contribution in [0.15, 0.2) is 52.2 Å². The van der Waals surface area contributed by atoms with Crippen molar-refractivity contribution in [2.75, 3.05) is 0 Å². The van der Waals surface area contributed by atoms with Gasteiger partial charge in [0.25, 0.3) is 5.56 Å². The smallest absolute Gasteiger partial charge is 0.335 e. The highest BCUT2D eigenvalue weighted by atomic mass is 16.5. The first-order valence-corrected chi connectivity index (χ1v) is 11.1. The number of fused-ring (bicyclic) bond motifs is 1. The van der Waals surface area contributed by atoms with E-state index in [1.807, 2.05) is 32.0 Å². The molecule has 0 aliphatic carbocycles. The lowest BCUT2D eigenvalue weighted by molar-refractivity contribution is -0.131. The van der Waals surface area contributed by atoms with Gasteiger partial charge in [-0.3, -0.25) is 18.7 Å². The van der Waals surface area contributed by atoms with Crippen molar-refractivity contribution in [2.24, 2.45) is 0 Å². The van der Waals surface area contributed by atoms with Crippen LogP contribution in [0.25, 0.3) is 16.8 Å². The van der Waals surface area contributed by atoms with Gasteiger partial charge in [0.05, 0.1) is 18.9 Å². The number of hydrogen-bond donors (Lipinski definition) is 0. The van der Waals surface area contributed by atoms with Crippen molar-refractivity contribution in [3.05, 3.63) is 80.1 Å². The fraction of sp³-hybridized carbons (Fsp3) is 0.346. The second kappa shape index (κ2) is 8.83. The maximum atomic E-state index is 13.3. The van der Waals surface area contributed by atoms with Crippen molar-refractivity contribution in [1.82, 2.24) is 9.13 Å². The van der Waals surface area contributed by atoms with E-state index >= 15 is 0 Å². The number of nitrogens with zero attached hydrogens (tertiary/aromatic N) is 2. The molecule has 0 atom stereocenters. The summed E-state index contributed by atoms with van der Waals surface area (Å²) in [6, 6.07) is 10.5. The van der Waals surface area contributed by atoms with Gasteiger partial charge in [0.2, 0.25) is 0 Å². The largest absolute Gasteiger partial charge is 0.427 e. The normalized spacial score (nSPS) is 12.9. The number of carbonyl (C=O) groups is 1. The highest BCUT2D eigenvalue weighted by Crippen LogP contribution is 2.40. The molecule has 3 aromatic rings. The number of esters is 1. The Hall–Kier alpha value is -3.45. The summed E-state index contributed by atoms with van der Waals surface area (Å²) in [6.07, 6.45) is 1.54. The molecule has 0 amide bonds. The predicted molar refractivity (Wildman–Crippen MR) is 126 cm³/mol. The minimum Gasteiger partial charge on any atom is -0.427 e. The van der Waals surface area contributed by atoms with Gasteiger partial charge in [-0.15, -0.1) is 0 Å². The molecule has 0 fully saturated rings. The maximum absolute atomic E-state index is 13.3. The third-order valence-corrected chi connectivity index (χ3v) is 5.86. The molecule has 0 N–H and O–H groups in total. The van der Waals surface area contributed by atoms with E-state index in [1.165, 1.54) is 22.1 Å². The molecule has 0 unspecified atom stereocenters. The van der Waals surface area contributed by atoms with E-state index < -0.39 is 0 Å². The number of aromatic nitrogens is 2. The van der Waals surface area contributed by atoms with Crippen LogP contribution >= 0.6 is 0 Å². The maximum Gasteiger partial charge on any atom is 0.335 e. The molecule has 7 nitrogen and oxygen atoms in total. The van der Waals surface area contributed by atoms with E-state index in [1.54, 1.807) is 18.3 Å². The van der Waals surface area contributed by atoms with Gasteiger partial charge in [-0.05, 0) is 60.2 Å². The van der Waals surface area contributed by atoms with E-state index in [-0.39, 0.29) is 29.2 Å². The first-order valence-electron chi connectivity index (χ1n) is 11.1. The van der Waals surface area contributed by atoms with Crippen molar-refractivity contribution in [2.45, 2.75) is 59.8 Å². The van der Waals surface area contributed by atoms with Crippen LogP contribution in [-0.4, -0.2) is 15.1 Å². The molecule has 0 saturated carbocycles. The second-order valence-corrected chi connectivity index (χ2v) is 8.85. The zero-order valence-electron chi connectivity index (χ0n) is 19.5. The summed E-state index contributed by atoms with van der Waals surface area (Å²) < 4.78 is 13.8. The molecule has 33 heavy (non-hydrogen) atoms. The number of hydrogen-bond acceptors (Lipinski definition) is 5. The van der Waals surface area contributed by atoms with Crippen LogP contribution < -0.4 is 16.0 Å². The minimum atomic E-state index is -0.375. The van der Waals surface area contributed by atoms with Crippen LogP contribution in [0.4, 0.5) is 0 Å². The molecular formula is C26H28N2O5. The summed E-state index contributed by atoms with van der Waals surface area (Å²) >= 11 is 0. The van der Waals surface area contributed by atoms with Gasteiger partial charge in [-0.1, -0.05) is 26.0 Å². The number of rotatable bonds is 5. The molecule has 2 aromatic carbocycles. The van der Waals surface area contributed by atoms with Gasteiger partial charge in [-0.25, -0.2) is 4.79 Å². The van der Waals surface area contributed by atoms with Crippen LogP contribution in [0.2, 0.25) is 0 Å². The van der Waals surface area contributed by atoms with Crippen molar-refractivity contribution >= 4 is 5.97 Å². The summed E-state index contributed by atoms with van der Waals surface area (Å²) in [5, 5.41) is 0. The van der Waals surface area contributed by atoms with Gasteiger partial charge >= 0.3 is 11.7 Å². The Bertz CT molecular complexity index is 1330. The minimum absolute atomic E-state index is 0.221. The Labute approximate surface area is 192 Å². The lowest BCUT2D eigenvalue weighted by atomic mass is 9.86. The van der Waals surface area contributed by atoms with Gasteiger partial charge in [0, 0.05) is 30.8 Å². The van der Waals surface area contributed by atoms with E-state index in [2.05, 4.69) is 13.8 Å². The third-order valence-electron chi connectivity index (χ3n) is 5.86. The molecule has 1 aromatic heterocycles. The van der Waals surface area contributed by atoms with Crippen molar-refractivity contribution in [3.8, 4) is 22.6 Å². The topological polar surface area (TPSA) is 79.5 Å². The van der Waals surface area contributed by atoms with Gasteiger partial charge in [-0.2, -0.15) is 0 Å². The highest BCUT2D eigenvalue weighted by Gasteiger charge is 2.26. The zero-order valence-corrected chi connectivity index (χ0v) is 19.5. The molecule has 1 aliphatic heterocycles. The van der Waals surface area contributed by atoms with E-state index in [4.69, 9.17) is 9.47 Å². The standard InChI is InChI=1S/C26H28N2O5/c1-15(2)25-20(18-6-8-19(9-7-18)33-17(5)29)12-23(21-13-32-14-22(21)25)27-11-10-24(30)28(16(3)4)26(27)31/h6-12,15-16H,13-14H2,1-5H3. The summed E-state index contributed by atoms with van der Waals surface area (Å²) in [5.74, 6) is 0.323. The molecule has 1 aliphatic rings. The van der Waals surface area contributed by atoms with Gasteiger partial charge in [0.1, 0.15) is 5.75 Å². The average molecular weight is 449 g/mol. The number of carbonyl (C=O) groups excluding carboxylic acids is 1. The van der Waals surface area contributed by atoms with E-state index in [9.17, 15) is 14.4 Å². The second-order valence-electron chi connectivity index (χ2n) is 8.85. The molecule has 2 heterocycles. The fourth-order valence-corrected chi connectivity index (χ4v) is 4.50.